The van der Waals surface area contributed by atoms with E-state index in [1.54, 1.807) is 18.3 Å². The summed E-state index contributed by atoms with van der Waals surface area (Å²) in [6, 6.07) is 3.40. The molecule has 1 unspecified atom stereocenters. The highest BCUT2D eigenvalue weighted by atomic mass is 16.5. The van der Waals surface area contributed by atoms with Crippen molar-refractivity contribution in [3.05, 3.63) is 30.1 Å². The number of nitrogens with zero attached hydrogens (tertiary/aromatic N) is 1. The third-order valence-corrected chi connectivity index (χ3v) is 3.11. The molecule has 0 aliphatic carbocycles. The summed E-state index contributed by atoms with van der Waals surface area (Å²) in [6.45, 7) is 1.42. The number of carbonyl (C=O) groups excluding carboxylic acids is 2. The molecule has 0 radical (unpaired) electrons. The fraction of sp³-hybridized carbons (Fsp3) is 0.500. The molecule has 2 N–H and O–H groups in total. The number of pyridine rings is 1. The Balaban J connectivity index is 1.64. The van der Waals surface area contributed by atoms with E-state index in [-0.39, 0.29) is 17.9 Å². The second kappa shape index (κ2) is 7.59. The zero-order chi connectivity index (χ0) is 14.2. The Hall–Kier alpha value is -1.95. The van der Waals surface area contributed by atoms with Gasteiger partial charge < -0.3 is 15.4 Å². The Morgan fingerprint density at radius 2 is 2.15 bits per heavy atom. The lowest BCUT2D eigenvalue weighted by molar-refractivity contribution is -0.135. The van der Waals surface area contributed by atoms with Crippen LogP contribution < -0.4 is 10.6 Å². The molecular formula is C14H19N3O3. The lowest BCUT2D eigenvalue weighted by atomic mass is 10.1. The third kappa shape index (κ3) is 4.31. The molecule has 0 saturated carbocycles. The van der Waals surface area contributed by atoms with Gasteiger partial charge in [0.25, 0.3) is 5.91 Å². The monoisotopic (exact) mass is 277 g/mol. The molecule has 1 aliphatic heterocycles. The fourth-order valence-electron chi connectivity index (χ4n) is 2.02. The van der Waals surface area contributed by atoms with Crippen LogP contribution in [0.4, 0.5) is 0 Å². The Kier molecular flexibility index (Phi) is 5.49. The summed E-state index contributed by atoms with van der Waals surface area (Å²) in [7, 11) is 0. The molecule has 0 bridgehead atoms. The van der Waals surface area contributed by atoms with Crippen LogP contribution in [0.1, 0.15) is 29.6 Å². The van der Waals surface area contributed by atoms with E-state index < -0.39 is 0 Å². The molecule has 0 aromatic carbocycles. The Morgan fingerprint density at radius 3 is 2.85 bits per heavy atom. The van der Waals surface area contributed by atoms with E-state index in [9.17, 15) is 9.59 Å². The van der Waals surface area contributed by atoms with Crippen molar-refractivity contribution in [3.8, 4) is 0 Å². The second-order valence-corrected chi connectivity index (χ2v) is 4.64. The van der Waals surface area contributed by atoms with Gasteiger partial charge in [-0.3, -0.25) is 14.6 Å². The summed E-state index contributed by atoms with van der Waals surface area (Å²) in [5.74, 6) is -0.290. The normalized spacial score (nSPS) is 18.3. The van der Waals surface area contributed by atoms with Gasteiger partial charge in [0.15, 0.2) is 0 Å². The second-order valence-electron chi connectivity index (χ2n) is 4.64. The summed E-state index contributed by atoms with van der Waals surface area (Å²) >= 11 is 0. The van der Waals surface area contributed by atoms with Gasteiger partial charge in [-0.2, -0.15) is 0 Å². The van der Waals surface area contributed by atoms with Gasteiger partial charge >= 0.3 is 0 Å². The number of aromatic nitrogens is 1. The van der Waals surface area contributed by atoms with Crippen LogP contribution in [0, 0.1) is 0 Å². The van der Waals surface area contributed by atoms with Crippen LogP contribution in [-0.2, 0) is 9.53 Å². The molecule has 2 amide bonds. The molecule has 1 aromatic rings. The van der Waals surface area contributed by atoms with E-state index in [4.69, 9.17) is 4.74 Å². The lowest BCUT2D eigenvalue weighted by Crippen LogP contribution is -2.41. The molecule has 2 heterocycles. The molecule has 6 nitrogen and oxygen atoms in total. The van der Waals surface area contributed by atoms with Crippen molar-refractivity contribution in [3.63, 3.8) is 0 Å². The van der Waals surface area contributed by atoms with Crippen LogP contribution in [0.3, 0.4) is 0 Å². The first kappa shape index (κ1) is 14.5. The molecule has 108 valence electrons. The summed E-state index contributed by atoms with van der Waals surface area (Å²) in [6.07, 6.45) is 5.59. The van der Waals surface area contributed by atoms with Gasteiger partial charge in [-0.25, -0.2) is 0 Å². The van der Waals surface area contributed by atoms with Gasteiger partial charge in [0.1, 0.15) is 6.10 Å². The number of ether oxygens (including phenoxy) is 1. The van der Waals surface area contributed by atoms with Crippen molar-refractivity contribution < 1.29 is 14.3 Å². The minimum atomic E-state index is -0.335. The van der Waals surface area contributed by atoms with E-state index in [1.807, 2.05) is 0 Å². The lowest BCUT2D eigenvalue weighted by Gasteiger charge is -2.21. The SMILES string of the molecule is O=C(NCCNC(=O)C1CCCCO1)c1cccnc1. The van der Waals surface area contributed by atoms with E-state index in [0.717, 1.165) is 19.3 Å². The number of nitrogens with one attached hydrogen (secondary N) is 2. The number of rotatable bonds is 5. The fourth-order valence-corrected chi connectivity index (χ4v) is 2.02. The highest BCUT2D eigenvalue weighted by Gasteiger charge is 2.21. The van der Waals surface area contributed by atoms with Crippen LogP contribution in [0.15, 0.2) is 24.5 Å². The van der Waals surface area contributed by atoms with E-state index >= 15 is 0 Å². The van der Waals surface area contributed by atoms with Crippen LogP contribution in [0.25, 0.3) is 0 Å². The molecule has 1 aromatic heterocycles. The topological polar surface area (TPSA) is 80.3 Å². The first-order chi connectivity index (χ1) is 9.77. The molecule has 1 fully saturated rings. The Bertz CT molecular complexity index is 444. The molecule has 1 aliphatic rings. The summed E-state index contributed by atoms with van der Waals surface area (Å²) in [5.41, 5.74) is 0.509. The number of amides is 2. The first-order valence-electron chi connectivity index (χ1n) is 6.85. The largest absolute Gasteiger partial charge is 0.368 e. The number of carbonyl (C=O) groups is 2. The van der Waals surface area contributed by atoms with Crippen molar-refractivity contribution in [2.45, 2.75) is 25.4 Å². The van der Waals surface area contributed by atoms with Gasteiger partial charge in [0, 0.05) is 32.1 Å². The smallest absolute Gasteiger partial charge is 0.252 e. The van der Waals surface area contributed by atoms with Crippen molar-refractivity contribution in [1.29, 1.82) is 0 Å². The third-order valence-electron chi connectivity index (χ3n) is 3.11. The highest BCUT2D eigenvalue weighted by Crippen LogP contribution is 2.12. The maximum atomic E-state index is 11.8. The molecule has 0 spiro atoms. The maximum absolute atomic E-state index is 11.8. The Morgan fingerprint density at radius 1 is 1.30 bits per heavy atom. The highest BCUT2D eigenvalue weighted by molar-refractivity contribution is 5.93. The average Bonchev–Trinajstić information content (AvgIpc) is 2.53. The van der Waals surface area contributed by atoms with Gasteiger partial charge in [0.2, 0.25) is 5.91 Å². The van der Waals surface area contributed by atoms with Gasteiger partial charge in [-0.05, 0) is 31.4 Å². The summed E-state index contributed by atoms with van der Waals surface area (Å²) < 4.78 is 5.38. The summed E-state index contributed by atoms with van der Waals surface area (Å²) in [4.78, 5) is 27.3. The average molecular weight is 277 g/mol. The predicted octanol–water partition coefficient (Wildman–Crippen LogP) is 0.497. The zero-order valence-corrected chi connectivity index (χ0v) is 11.3. The van der Waals surface area contributed by atoms with E-state index in [1.165, 1.54) is 6.20 Å². The van der Waals surface area contributed by atoms with Crippen LogP contribution in [-0.4, -0.2) is 42.6 Å². The molecular weight excluding hydrogens is 258 g/mol. The van der Waals surface area contributed by atoms with Crippen LogP contribution in [0.5, 0.6) is 0 Å². The van der Waals surface area contributed by atoms with Gasteiger partial charge in [-0.1, -0.05) is 0 Å². The van der Waals surface area contributed by atoms with Crippen molar-refractivity contribution in [2.24, 2.45) is 0 Å². The zero-order valence-electron chi connectivity index (χ0n) is 11.3. The van der Waals surface area contributed by atoms with E-state index in [0.29, 0.717) is 25.3 Å². The van der Waals surface area contributed by atoms with Gasteiger partial charge in [-0.15, -0.1) is 0 Å². The maximum Gasteiger partial charge on any atom is 0.252 e. The van der Waals surface area contributed by atoms with Gasteiger partial charge in [0.05, 0.1) is 5.56 Å². The number of hydrogen-bond acceptors (Lipinski definition) is 4. The van der Waals surface area contributed by atoms with E-state index in [2.05, 4.69) is 15.6 Å². The molecule has 1 saturated heterocycles. The predicted molar refractivity (Wildman–Crippen MR) is 73.2 cm³/mol. The quantitative estimate of drug-likeness (QED) is 0.768. The minimum absolute atomic E-state index is 0.0969. The summed E-state index contributed by atoms with van der Waals surface area (Å²) in [5, 5.41) is 5.49. The number of hydrogen-bond donors (Lipinski definition) is 2. The minimum Gasteiger partial charge on any atom is -0.368 e. The standard InChI is InChI=1S/C14H19N3O3/c18-13(11-4-3-6-15-10-11)16-7-8-17-14(19)12-5-1-2-9-20-12/h3-4,6,10,12H,1-2,5,7-9H2,(H,16,18)(H,17,19). The van der Waals surface area contributed by atoms with Crippen LogP contribution >= 0.6 is 0 Å². The first-order valence-corrected chi connectivity index (χ1v) is 6.85. The molecule has 20 heavy (non-hydrogen) atoms. The Labute approximate surface area is 117 Å². The molecule has 6 heteroatoms. The molecule has 2 rings (SSSR count). The van der Waals surface area contributed by atoms with Crippen LogP contribution in [0.2, 0.25) is 0 Å². The van der Waals surface area contributed by atoms with Crippen molar-refractivity contribution >= 4 is 11.8 Å². The molecule has 1 atom stereocenters. The van der Waals surface area contributed by atoms with Crippen molar-refractivity contribution in [2.75, 3.05) is 19.7 Å². The van der Waals surface area contributed by atoms with Crippen molar-refractivity contribution in [1.82, 2.24) is 15.6 Å².